The maximum Gasteiger partial charge on any atom is 0.0834 e. The van der Waals surface area contributed by atoms with E-state index in [1.165, 1.54) is 6.07 Å². The van der Waals surface area contributed by atoms with Crippen LogP contribution in [0.5, 0.6) is 0 Å². The van der Waals surface area contributed by atoms with Crippen molar-refractivity contribution in [1.82, 2.24) is 0 Å². The molecule has 0 saturated heterocycles. The van der Waals surface area contributed by atoms with E-state index >= 15 is 0 Å². The van der Waals surface area contributed by atoms with Crippen LogP contribution in [0.15, 0.2) is 21.9 Å². The fourth-order valence-electron chi connectivity index (χ4n) is 0.842. The number of nitrogens with two attached hydrogens (primary N) is 1. The van der Waals surface area contributed by atoms with Gasteiger partial charge in [0, 0.05) is 4.90 Å². The van der Waals surface area contributed by atoms with Gasteiger partial charge in [-0.15, -0.1) is 0 Å². The van der Waals surface area contributed by atoms with Crippen molar-refractivity contribution >= 4 is 30.0 Å². The fourth-order valence-corrected chi connectivity index (χ4v) is 1.72. The van der Waals surface area contributed by atoms with Crippen molar-refractivity contribution in [1.29, 1.82) is 0 Å². The predicted octanol–water partition coefficient (Wildman–Crippen LogP) is 3.53. The first-order valence-electron chi connectivity index (χ1n) is 3.16. The molecule has 0 fully saturated rings. The normalized spacial score (nSPS) is 10.2. The highest BCUT2D eigenvalue weighted by Crippen LogP contribution is 2.33. The Balaban J connectivity index is 3.19. The second kappa shape index (κ2) is 4.00. The molecule has 12 heavy (non-hydrogen) atoms. The van der Waals surface area contributed by atoms with Crippen molar-refractivity contribution in [2.75, 3.05) is 5.73 Å². The minimum absolute atomic E-state index is 0.0341. The molecular formula is C7H7F2NS2. The molecule has 1 aromatic rings. The summed E-state index contributed by atoms with van der Waals surface area (Å²) in [5, 5.41) is 0. The molecule has 0 saturated carbocycles. The average Bonchev–Trinajstić information content (AvgIpc) is 2.09. The molecule has 0 spiro atoms. The van der Waals surface area contributed by atoms with Crippen molar-refractivity contribution in [3.8, 4) is 0 Å². The standard InChI is InChI=1S/C7H7F2NS2/c1-4-2-5(11-8)3-6(12-9)7(4)10/h2-3H,10H2,1H3. The average molecular weight is 207 g/mol. The summed E-state index contributed by atoms with van der Waals surface area (Å²) in [4.78, 5) is 0.650. The topological polar surface area (TPSA) is 26.0 Å². The number of nitrogen functional groups attached to an aromatic ring is 1. The molecule has 2 N–H and O–H groups in total. The largest absolute Gasteiger partial charge is 0.398 e. The van der Waals surface area contributed by atoms with Crippen molar-refractivity contribution in [2.45, 2.75) is 16.7 Å². The molecule has 66 valence electrons. The maximum absolute atomic E-state index is 12.2. The highest BCUT2D eigenvalue weighted by atomic mass is 32.2. The molecule has 1 nitrogen and oxygen atoms in total. The molecule has 0 radical (unpaired) electrons. The van der Waals surface area contributed by atoms with Crippen molar-refractivity contribution < 1.29 is 7.77 Å². The molecule has 1 rings (SSSR count). The Kier molecular flexibility index (Phi) is 3.22. The first-order chi connectivity index (χ1) is 5.69. The molecule has 5 heteroatoms. The monoisotopic (exact) mass is 207 g/mol. The van der Waals surface area contributed by atoms with E-state index in [2.05, 4.69) is 0 Å². The number of anilines is 1. The van der Waals surface area contributed by atoms with Crippen LogP contribution in [0.3, 0.4) is 0 Å². The van der Waals surface area contributed by atoms with Gasteiger partial charge >= 0.3 is 0 Å². The van der Waals surface area contributed by atoms with E-state index in [1.807, 2.05) is 0 Å². The van der Waals surface area contributed by atoms with Gasteiger partial charge in [-0.05, 0) is 24.6 Å². The Labute approximate surface area is 78.3 Å². The highest BCUT2D eigenvalue weighted by molar-refractivity contribution is 7.95. The number of rotatable bonds is 2. The van der Waals surface area contributed by atoms with Crippen LogP contribution < -0.4 is 5.73 Å². The first-order valence-corrected chi connectivity index (χ1v) is 4.59. The Morgan fingerprint density at radius 1 is 1.25 bits per heavy atom. The Morgan fingerprint density at radius 3 is 2.42 bits per heavy atom. The van der Waals surface area contributed by atoms with E-state index < -0.39 is 0 Å². The van der Waals surface area contributed by atoms with Gasteiger partial charge in [0.1, 0.15) is 0 Å². The highest BCUT2D eigenvalue weighted by Gasteiger charge is 2.06. The van der Waals surface area contributed by atoms with Crippen LogP contribution in [0, 0.1) is 6.92 Å². The van der Waals surface area contributed by atoms with Crippen LogP contribution in [0.4, 0.5) is 13.5 Å². The lowest BCUT2D eigenvalue weighted by Crippen LogP contribution is -1.91. The zero-order chi connectivity index (χ0) is 9.14. The zero-order valence-corrected chi connectivity index (χ0v) is 7.94. The van der Waals surface area contributed by atoms with Gasteiger partial charge in [-0.1, -0.05) is 0 Å². The summed E-state index contributed by atoms with van der Waals surface area (Å²) >= 11 is 0.120. The van der Waals surface area contributed by atoms with E-state index in [0.29, 0.717) is 16.1 Å². The van der Waals surface area contributed by atoms with Crippen LogP contribution in [0.25, 0.3) is 0 Å². The van der Waals surface area contributed by atoms with Gasteiger partial charge in [-0.2, -0.15) is 7.77 Å². The Bertz CT molecular complexity index is 291. The van der Waals surface area contributed by atoms with Crippen molar-refractivity contribution in [3.05, 3.63) is 17.7 Å². The summed E-state index contributed by atoms with van der Waals surface area (Å²) in [6.07, 6.45) is 0. The summed E-state index contributed by atoms with van der Waals surface area (Å²) in [5.41, 5.74) is 6.59. The van der Waals surface area contributed by atoms with Gasteiger partial charge < -0.3 is 5.73 Å². The summed E-state index contributed by atoms with van der Waals surface area (Å²) in [6.45, 7) is 1.72. The van der Waals surface area contributed by atoms with E-state index in [9.17, 15) is 7.77 Å². The van der Waals surface area contributed by atoms with E-state index in [4.69, 9.17) is 5.73 Å². The van der Waals surface area contributed by atoms with Crippen molar-refractivity contribution in [2.24, 2.45) is 0 Å². The van der Waals surface area contributed by atoms with Crippen molar-refractivity contribution in [3.63, 3.8) is 0 Å². The summed E-state index contributed by atoms with van der Waals surface area (Å²) in [5.74, 6) is 0. The molecule has 1 aromatic carbocycles. The molecule has 0 aliphatic rings. The lowest BCUT2D eigenvalue weighted by atomic mass is 10.2. The third-order valence-electron chi connectivity index (χ3n) is 1.49. The Morgan fingerprint density at radius 2 is 1.92 bits per heavy atom. The van der Waals surface area contributed by atoms with Crippen LogP contribution >= 0.6 is 24.3 Å². The third kappa shape index (κ3) is 1.84. The van der Waals surface area contributed by atoms with Gasteiger partial charge in [0.25, 0.3) is 0 Å². The molecule has 0 bridgehead atoms. The molecular weight excluding hydrogens is 200 g/mol. The SMILES string of the molecule is Cc1cc(SF)cc(SF)c1N. The first kappa shape index (κ1) is 9.67. The second-order valence-electron chi connectivity index (χ2n) is 2.31. The van der Waals surface area contributed by atoms with Crippen LogP contribution in [0.1, 0.15) is 5.56 Å². The molecule has 0 unspecified atom stereocenters. The van der Waals surface area contributed by atoms with Gasteiger partial charge in [0.05, 0.1) is 34.9 Å². The summed E-state index contributed by atoms with van der Waals surface area (Å²) < 4.78 is 24.3. The minimum Gasteiger partial charge on any atom is -0.398 e. The molecule has 0 aliphatic heterocycles. The quantitative estimate of drug-likeness (QED) is 0.751. The van der Waals surface area contributed by atoms with Crippen LogP contribution in [-0.2, 0) is 0 Å². The minimum atomic E-state index is 0.0341. The lowest BCUT2D eigenvalue weighted by molar-refractivity contribution is 0.926. The smallest absolute Gasteiger partial charge is 0.0834 e. The number of halogens is 2. The number of hydrogen-bond donors (Lipinski definition) is 1. The molecule has 0 heterocycles. The van der Waals surface area contributed by atoms with Gasteiger partial charge in [-0.3, -0.25) is 0 Å². The zero-order valence-electron chi connectivity index (χ0n) is 6.30. The molecule has 0 atom stereocenters. The lowest BCUT2D eigenvalue weighted by Gasteiger charge is -2.04. The van der Waals surface area contributed by atoms with E-state index in [-0.39, 0.29) is 29.2 Å². The number of aryl methyl sites for hydroxylation is 1. The van der Waals surface area contributed by atoms with E-state index in [1.54, 1.807) is 13.0 Å². The third-order valence-corrected chi connectivity index (χ3v) is 2.41. The molecule has 0 aromatic heterocycles. The van der Waals surface area contributed by atoms with Crippen LogP contribution in [0.2, 0.25) is 0 Å². The predicted molar refractivity (Wildman–Crippen MR) is 49.5 cm³/mol. The van der Waals surface area contributed by atoms with Gasteiger partial charge in [0.2, 0.25) is 0 Å². The fraction of sp³-hybridized carbons (Fsp3) is 0.143. The van der Waals surface area contributed by atoms with E-state index in [0.717, 1.165) is 0 Å². The maximum atomic E-state index is 12.2. The van der Waals surface area contributed by atoms with Gasteiger partial charge in [0.15, 0.2) is 0 Å². The number of hydrogen-bond acceptors (Lipinski definition) is 3. The number of benzene rings is 1. The van der Waals surface area contributed by atoms with Crippen LogP contribution in [-0.4, -0.2) is 0 Å². The summed E-state index contributed by atoms with van der Waals surface area (Å²) in [7, 11) is 0. The van der Waals surface area contributed by atoms with Gasteiger partial charge in [-0.25, -0.2) is 0 Å². The molecule has 0 aliphatic carbocycles. The molecule has 0 amide bonds. The second-order valence-corrected chi connectivity index (χ2v) is 3.53. The Hall–Kier alpha value is -0.420. The summed E-state index contributed by atoms with van der Waals surface area (Å²) in [6, 6.07) is 2.97.